The Labute approximate surface area is 303 Å². The Morgan fingerprint density at radius 3 is 1.83 bits per heavy atom. The Balaban J connectivity index is 1.25. The summed E-state index contributed by atoms with van der Waals surface area (Å²) in [6, 6.07) is 58.1. The highest BCUT2D eigenvalue weighted by atomic mass is 14.7. The Bertz CT molecular complexity index is 2790. The van der Waals surface area contributed by atoms with Crippen LogP contribution in [-0.4, -0.2) is 11.7 Å². The first kappa shape index (κ1) is 30.2. The molecule has 2 nitrogen and oxygen atoms in total. The van der Waals surface area contributed by atoms with Crippen molar-refractivity contribution in [3.8, 4) is 44.6 Å². The number of aliphatic imine (C=N–C) groups is 1. The van der Waals surface area contributed by atoms with Crippen molar-refractivity contribution in [2.45, 2.75) is 12.3 Å². The second-order valence-corrected chi connectivity index (χ2v) is 13.7. The van der Waals surface area contributed by atoms with E-state index in [0.717, 1.165) is 44.4 Å². The summed E-state index contributed by atoms with van der Waals surface area (Å²) in [7, 11) is 0. The largest absolute Gasteiger partial charge is 0.272 e. The van der Waals surface area contributed by atoms with Gasteiger partial charge in [0.1, 0.15) is 0 Å². The van der Waals surface area contributed by atoms with Crippen molar-refractivity contribution in [3.05, 3.63) is 204 Å². The van der Waals surface area contributed by atoms with E-state index in [1.165, 1.54) is 55.3 Å². The van der Waals surface area contributed by atoms with Crippen LogP contribution in [0, 0.1) is 0 Å². The smallest absolute Gasteiger partial charge is 0.0788 e. The molecule has 0 atom stereocenters. The van der Waals surface area contributed by atoms with Crippen LogP contribution in [0.5, 0.6) is 0 Å². The molecule has 2 heteroatoms. The summed E-state index contributed by atoms with van der Waals surface area (Å²) in [6.07, 6.45) is 5.84. The number of benzene rings is 7. The first-order valence-electron chi connectivity index (χ1n) is 17.9. The van der Waals surface area contributed by atoms with Gasteiger partial charge < -0.3 is 0 Å². The molecule has 2 aliphatic carbocycles. The zero-order valence-electron chi connectivity index (χ0n) is 28.8. The van der Waals surface area contributed by atoms with E-state index in [2.05, 4.69) is 182 Å². The second kappa shape index (κ2) is 11.7. The Kier molecular flexibility index (Phi) is 6.81. The molecule has 0 saturated heterocycles. The number of pyridine rings is 1. The third-order valence-electron chi connectivity index (χ3n) is 11.2. The average molecular weight is 663 g/mol. The van der Waals surface area contributed by atoms with Crippen molar-refractivity contribution >= 4 is 34.0 Å². The molecule has 10 rings (SSSR count). The van der Waals surface area contributed by atoms with Crippen molar-refractivity contribution in [1.29, 1.82) is 0 Å². The molecule has 7 aromatic carbocycles. The van der Waals surface area contributed by atoms with E-state index in [4.69, 9.17) is 4.98 Å². The minimum atomic E-state index is -0.418. The lowest BCUT2D eigenvalue weighted by Crippen LogP contribution is -2.25. The van der Waals surface area contributed by atoms with Crippen LogP contribution in [-0.2, 0) is 5.41 Å². The normalized spacial score (nSPS) is 13.8. The standard InChI is InChI=1S/C50H34N2/c1-3-32(26-27-51-2)33-14-12-15-34(28-33)35-16-13-17-36(29-35)49-43-31-47-42(30-41(43)40-21-7-11-25-48(40)52-49)39-20-6-10-24-46(39)50(47)44-22-8-4-18-37(44)38-19-5-9-23-45(38)50/h3-31H,2H2,1H3/b27-26-,32-3+. The minimum Gasteiger partial charge on any atom is -0.272 e. The molecule has 0 N–H and O–H groups in total. The zero-order chi connectivity index (χ0) is 34.8. The molecule has 0 unspecified atom stereocenters. The molecule has 0 fully saturated rings. The van der Waals surface area contributed by atoms with E-state index in [-0.39, 0.29) is 0 Å². The predicted molar refractivity (Wildman–Crippen MR) is 219 cm³/mol. The summed E-state index contributed by atoms with van der Waals surface area (Å²) < 4.78 is 0. The lowest BCUT2D eigenvalue weighted by Gasteiger charge is -2.30. The Morgan fingerprint density at radius 1 is 0.538 bits per heavy atom. The highest BCUT2D eigenvalue weighted by Gasteiger charge is 2.51. The van der Waals surface area contributed by atoms with Gasteiger partial charge in [0.05, 0.1) is 16.6 Å². The fourth-order valence-corrected chi connectivity index (χ4v) is 8.97. The number of hydrogen-bond acceptors (Lipinski definition) is 2. The maximum Gasteiger partial charge on any atom is 0.0788 e. The third kappa shape index (κ3) is 4.25. The van der Waals surface area contributed by atoms with Gasteiger partial charge in [0.2, 0.25) is 0 Å². The van der Waals surface area contributed by atoms with Gasteiger partial charge in [-0.15, -0.1) is 0 Å². The highest BCUT2D eigenvalue weighted by molar-refractivity contribution is 6.14. The molecule has 1 heterocycles. The summed E-state index contributed by atoms with van der Waals surface area (Å²) in [5.41, 5.74) is 17.8. The van der Waals surface area contributed by atoms with E-state index in [9.17, 15) is 0 Å². The quantitative estimate of drug-likeness (QED) is 0.102. The van der Waals surface area contributed by atoms with Crippen molar-refractivity contribution in [3.63, 3.8) is 0 Å². The first-order valence-corrected chi connectivity index (χ1v) is 17.9. The SMILES string of the molecule is C=N/C=C\C(=C/C)c1cccc(-c2cccc(-c3nc4ccccc4c4cc5c(cc34)C3(c4ccccc4-c4ccccc43)c3ccccc3-5)c2)c1. The van der Waals surface area contributed by atoms with E-state index in [1.54, 1.807) is 6.20 Å². The first-order chi connectivity index (χ1) is 25.7. The maximum atomic E-state index is 5.44. The van der Waals surface area contributed by atoms with E-state index in [1.807, 2.05) is 6.08 Å². The molecule has 8 aromatic rings. The van der Waals surface area contributed by atoms with Crippen molar-refractivity contribution in [1.82, 2.24) is 4.98 Å². The van der Waals surface area contributed by atoms with Gasteiger partial charge in [-0.05, 0) is 122 Å². The van der Waals surface area contributed by atoms with Gasteiger partial charge in [0.25, 0.3) is 0 Å². The van der Waals surface area contributed by atoms with Crippen LogP contribution >= 0.6 is 0 Å². The van der Waals surface area contributed by atoms with Gasteiger partial charge >= 0.3 is 0 Å². The van der Waals surface area contributed by atoms with E-state index >= 15 is 0 Å². The van der Waals surface area contributed by atoms with Crippen molar-refractivity contribution in [2.24, 2.45) is 4.99 Å². The van der Waals surface area contributed by atoms with Gasteiger partial charge in [-0.3, -0.25) is 4.99 Å². The fourth-order valence-electron chi connectivity index (χ4n) is 8.97. The van der Waals surface area contributed by atoms with Gasteiger partial charge in [-0.1, -0.05) is 133 Å². The number of para-hydroxylation sites is 1. The van der Waals surface area contributed by atoms with Crippen LogP contribution in [0.2, 0.25) is 0 Å². The average Bonchev–Trinajstić information content (AvgIpc) is 3.67. The summed E-state index contributed by atoms with van der Waals surface area (Å²) in [5.74, 6) is 0. The summed E-state index contributed by atoms with van der Waals surface area (Å²) in [4.78, 5) is 9.37. The van der Waals surface area contributed by atoms with Gasteiger partial charge in [0.15, 0.2) is 0 Å². The molecular formula is C50H34N2. The lowest BCUT2D eigenvalue weighted by molar-refractivity contribution is 0.795. The summed E-state index contributed by atoms with van der Waals surface area (Å²) in [6.45, 7) is 5.66. The molecule has 0 bridgehead atoms. The Hall–Kier alpha value is -6.64. The molecule has 0 saturated carbocycles. The highest BCUT2D eigenvalue weighted by Crippen LogP contribution is 2.63. The molecular weight excluding hydrogens is 629 g/mol. The molecule has 1 aromatic heterocycles. The third-order valence-corrected chi connectivity index (χ3v) is 11.2. The molecule has 0 aliphatic heterocycles. The van der Waals surface area contributed by atoms with Crippen LogP contribution in [0.15, 0.2) is 181 Å². The number of hydrogen-bond donors (Lipinski definition) is 0. The number of fused-ring (bicyclic) bond motifs is 13. The number of allylic oxidation sites excluding steroid dienone is 3. The number of nitrogens with zero attached hydrogens (tertiary/aromatic N) is 2. The van der Waals surface area contributed by atoms with Crippen LogP contribution in [0.4, 0.5) is 0 Å². The van der Waals surface area contributed by atoms with Gasteiger partial charge in [-0.2, -0.15) is 0 Å². The molecule has 0 radical (unpaired) electrons. The van der Waals surface area contributed by atoms with Crippen LogP contribution < -0.4 is 0 Å². The molecule has 52 heavy (non-hydrogen) atoms. The number of rotatable bonds is 5. The molecule has 1 spiro atoms. The van der Waals surface area contributed by atoms with Crippen LogP contribution in [0.1, 0.15) is 34.7 Å². The zero-order valence-corrected chi connectivity index (χ0v) is 28.8. The van der Waals surface area contributed by atoms with Crippen LogP contribution in [0.25, 0.3) is 71.9 Å². The molecule has 2 aliphatic rings. The monoisotopic (exact) mass is 662 g/mol. The summed E-state index contributed by atoms with van der Waals surface area (Å²) in [5, 5.41) is 3.55. The van der Waals surface area contributed by atoms with E-state index in [0.29, 0.717) is 0 Å². The van der Waals surface area contributed by atoms with Gasteiger partial charge in [0, 0.05) is 22.5 Å². The molecule has 244 valence electrons. The van der Waals surface area contributed by atoms with Crippen molar-refractivity contribution in [2.75, 3.05) is 0 Å². The second-order valence-electron chi connectivity index (χ2n) is 13.7. The summed E-state index contributed by atoms with van der Waals surface area (Å²) >= 11 is 0. The van der Waals surface area contributed by atoms with E-state index < -0.39 is 5.41 Å². The van der Waals surface area contributed by atoms with Gasteiger partial charge in [-0.25, -0.2) is 4.98 Å². The molecule has 0 amide bonds. The lowest BCUT2D eigenvalue weighted by atomic mass is 9.70. The Morgan fingerprint density at radius 2 is 1.13 bits per heavy atom. The topological polar surface area (TPSA) is 25.2 Å². The van der Waals surface area contributed by atoms with Crippen LogP contribution in [0.3, 0.4) is 0 Å². The predicted octanol–water partition coefficient (Wildman–Crippen LogP) is 12.7. The fraction of sp³-hybridized carbons (Fsp3) is 0.0400. The minimum absolute atomic E-state index is 0.418. The number of aromatic nitrogens is 1. The van der Waals surface area contributed by atoms with Crippen molar-refractivity contribution < 1.29 is 0 Å². The maximum absolute atomic E-state index is 5.44.